The van der Waals surface area contributed by atoms with Crippen molar-refractivity contribution in [3.63, 3.8) is 0 Å². The van der Waals surface area contributed by atoms with Crippen molar-refractivity contribution in [3.8, 4) is 11.1 Å². The van der Waals surface area contributed by atoms with Crippen molar-refractivity contribution in [1.82, 2.24) is 0 Å². The number of ether oxygens (including phenoxy) is 1. The maximum Gasteiger partial charge on any atom is 0.305 e. The van der Waals surface area contributed by atoms with Gasteiger partial charge in [-0.05, 0) is 42.0 Å². The highest BCUT2D eigenvalue weighted by Crippen LogP contribution is 2.48. The summed E-state index contributed by atoms with van der Waals surface area (Å²) >= 11 is 0. The van der Waals surface area contributed by atoms with Crippen LogP contribution in [-0.4, -0.2) is 18.9 Å². The number of hydrogen-bond donors (Lipinski definition) is 0. The van der Waals surface area contributed by atoms with Gasteiger partial charge in [-0.3, -0.25) is 9.59 Å². The number of fused-ring (bicyclic) bond motifs is 2. The standard InChI is InChI=1S/C23H26O3/c1-2-26-22(25)13-9-4-3-8-12-20-19-15-14-18(23(20)21(19)16-24)17-10-6-5-7-11-17/h5-7,10-11,14-16,20H,2-4,8-9,12-13H2,1H3. The van der Waals surface area contributed by atoms with Crippen LogP contribution in [0, 0.1) is 0 Å². The van der Waals surface area contributed by atoms with E-state index in [9.17, 15) is 9.59 Å². The summed E-state index contributed by atoms with van der Waals surface area (Å²) in [6, 6.07) is 14.5. The molecule has 2 aliphatic rings. The van der Waals surface area contributed by atoms with Crippen LogP contribution in [0.2, 0.25) is 0 Å². The second-order valence-corrected chi connectivity index (χ2v) is 6.82. The van der Waals surface area contributed by atoms with Crippen LogP contribution in [-0.2, 0) is 9.53 Å². The van der Waals surface area contributed by atoms with Gasteiger partial charge in [0.05, 0.1) is 6.61 Å². The van der Waals surface area contributed by atoms with Crippen LogP contribution in [0.1, 0.15) is 72.9 Å². The minimum Gasteiger partial charge on any atom is -0.466 e. The van der Waals surface area contributed by atoms with Gasteiger partial charge in [-0.15, -0.1) is 0 Å². The number of benzene rings is 2. The Kier molecular flexibility index (Phi) is 6.21. The van der Waals surface area contributed by atoms with Crippen molar-refractivity contribution in [2.45, 2.75) is 51.4 Å². The lowest BCUT2D eigenvalue weighted by molar-refractivity contribution is -0.143. The second kappa shape index (κ2) is 8.79. The Bertz CT molecular complexity index is 765. The van der Waals surface area contributed by atoms with E-state index in [1.807, 2.05) is 25.1 Å². The largest absolute Gasteiger partial charge is 0.466 e. The summed E-state index contributed by atoms with van der Waals surface area (Å²) in [7, 11) is 0. The predicted octanol–water partition coefficient (Wildman–Crippen LogP) is 5.52. The lowest BCUT2D eigenvalue weighted by Crippen LogP contribution is -2.20. The average molecular weight is 350 g/mol. The molecule has 0 heterocycles. The lowest BCUT2D eigenvalue weighted by atomic mass is 9.69. The first-order valence-electron chi connectivity index (χ1n) is 9.59. The van der Waals surface area contributed by atoms with Gasteiger partial charge >= 0.3 is 5.97 Å². The molecular weight excluding hydrogens is 324 g/mol. The van der Waals surface area contributed by atoms with E-state index < -0.39 is 0 Å². The molecule has 0 spiro atoms. The number of esters is 1. The van der Waals surface area contributed by atoms with E-state index in [1.54, 1.807) is 0 Å². The molecule has 0 aromatic heterocycles. The van der Waals surface area contributed by atoms with Gasteiger partial charge in [-0.25, -0.2) is 0 Å². The minimum absolute atomic E-state index is 0.0930. The SMILES string of the molecule is CCOC(=O)CCCCCCC1c2ccc(-c3ccccc3)c1c2C=O. The van der Waals surface area contributed by atoms with Crippen molar-refractivity contribution in [3.05, 3.63) is 59.2 Å². The topological polar surface area (TPSA) is 43.4 Å². The summed E-state index contributed by atoms with van der Waals surface area (Å²) in [6.07, 6.45) is 6.76. The van der Waals surface area contributed by atoms with Crippen molar-refractivity contribution in [1.29, 1.82) is 0 Å². The number of carbonyl (C=O) groups excluding carboxylic acids is 2. The first-order chi connectivity index (χ1) is 12.8. The highest BCUT2D eigenvalue weighted by Gasteiger charge is 2.33. The third-order valence-corrected chi connectivity index (χ3v) is 5.18. The van der Waals surface area contributed by atoms with Gasteiger partial charge in [-0.2, -0.15) is 0 Å². The molecule has 2 bridgehead atoms. The van der Waals surface area contributed by atoms with E-state index in [4.69, 9.17) is 4.74 Å². The quantitative estimate of drug-likeness (QED) is 0.322. The summed E-state index contributed by atoms with van der Waals surface area (Å²) in [4.78, 5) is 22.8. The molecule has 2 aliphatic carbocycles. The summed E-state index contributed by atoms with van der Waals surface area (Å²) in [5.41, 5.74) is 5.67. The molecule has 1 unspecified atom stereocenters. The number of hydrogen-bond acceptors (Lipinski definition) is 3. The molecule has 0 saturated carbocycles. The molecule has 0 N–H and O–H groups in total. The predicted molar refractivity (Wildman–Crippen MR) is 103 cm³/mol. The van der Waals surface area contributed by atoms with Crippen molar-refractivity contribution >= 4 is 12.3 Å². The zero-order valence-corrected chi connectivity index (χ0v) is 15.4. The van der Waals surface area contributed by atoms with Crippen LogP contribution >= 0.6 is 0 Å². The highest BCUT2D eigenvalue weighted by atomic mass is 16.5. The fourth-order valence-corrected chi connectivity index (χ4v) is 3.92. The average Bonchev–Trinajstić information content (AvgIpc) is 2.67. The Morgan fingerprint density at radius 1 is 1.04 bits per heavy atom. The van der Waals surface area contributed by atoms with E-state index in [-0.39, 0.29) is 5.97 Å². The number of rotatable bonds is 10. The summed E-state index contributed by atoms with van der Waals surface area (Å²) in [6.45, 7) is 2.30. The smallest absolute Gasteiger partial charge is 0.305 e. The van der Waals surface area contributed by atoms with E-state index in [0.717, 1.165) is 44.0 Å². The Labute approximate surface area is 155 Å². The Balaban J connectivity index is 1.54. The Morgan fingerprint density at radius 3 is 2.54 bits per heavy atom. The van der Waals surface area contributed by atoms with E-state index in [0.29, 0.717) is 18.9 Å². The van der Waals surface area contributed by atoms with Gasteiger partial charge in [0.15, 0.2) is 6.29 Å². The molecule has 3 heteroatoms. The first kappa shape index (κ1) is 18.4. The monoisotopic (exact) mass is 350 g/mol. The molecule has 3 nitrogen and oxygen atoms in total. The maximum atomic E-state index is 11.5. The van der Waals surface area contributed by atoms with Crippen LogP contribution in [0.15, 0.2) is 42.5 Å². The fraction of sp³-hybridized carbons (Fsp3) is 0.391. The Morgan fingerprint density at radius 2 is 1.81 bits per heavy atom. The number of unbranched alkanes of at least 4 members (excludes halogenated alkanes) is 3. The van der Waals surface area contributed by atoms with Gasteiger partial charge in [-0.1, -0.05) is 61.7 Å². The summed E-state index contributed by atoms with van der Waals surface area (Å²) < 4.78 is 4.95. The molecule has 4 rings (SSSR count). The molecule has 0 saturated heterocycles. The third-order valence-electron chi connectivity index (χ3n) is 5.18. The van der Waals surface area contributed by atoms with Crippen molar-refractivity contribution in [2.24, 2.45) is 0 Å². The van der Waals surface area contributed by atoms with Gasteiger partial charge < -0.3 is 4.74 Å². The van der Waals surface area contributed by atoms with E-state index in [2.05, 4.69) is 24.3 Å². The van der Waals surface area contributed by atoms with Crippen LogP contribution in [0.5, 0.6) is 0 Å². The lowest BCUT2D eigenvalue weighted by Gasteiger charge is -2.34. The number of aldehydes is 1. The maximum absolute atomic E-state index is 11.5. The van der Waals surface area contributed by atoms with Gasteiger partial charge in [0, 0.05) is 17.9 Å². The third kappa shape index (κ3) is 3.87. The first-order valence-corrected chi connectivity index (χ1v) is 9.59. The molecule has 2 aromatic carbocycles. The van der Waals surface area contributed by atoms with Crippen molar-refractivity contribution < 1.29 is 14.3 Å². The molecule has 26 heavy (non-hydrogen) atoms. The molecule has 0 aliphatic heterocycles. The Hall–Kier alpha value is -2.42. The minimum atomic E-state index is -0.0930. The summed E-state index contributed by atoms with van der Waals surface area (Å²) in [5, 5.41) is 0. The zero-order chi connectivity index (χ0) is 18.4. The molecule has 2 aromatic rings. The van der Waals surface area contributed by atoms with Crippen LogP contribution in [0.4, 0.5) is 0 Å². The van der Waals surface area contributed by atoms with Gasteiger partial charge in [0.2, 0.25) is 0 Å². The van der Waals surface area contributed by atoms with E-state index in [1.165, 1.54) is 22.3 Å². The molecule has 0 amide bonds. The van der Waals surface area contributed by atoms with E-state index >= 15 is 0 Å². The van der Waals surface area contributed by atoms with Gasteiger partial charge in [0.1, 0.15) is 0 Å². The normalized spacial score (nSPS) is 14.6. The fourth-order valence-electron chi connectivity index (χ4n) is 3.92. The summed E-state index contributed by atoms with van der Waals surface area (Å²) in [5.74, 6) is 0.296. The second-order valence-electron chi connectivity index (χ2n) is 6.82. The number of carbonyl (C=O) groups is 2. The van der Waals surface area contributed by atoms with Crippen LogP contribution in [0.3, 0.4) is 0 Å². The zero-order valence-electron chi connectivity index (χ0n) is 15.4. The molecular formula is C23H26O3. The molecule has 1 atom stereocenters. The van der Waals surface area contributed by atoms with Crippen molar-refractivity contribution in [2.75, 3.05) is 6.61 Å². The molecule has 0 fully saturated rings. The van der Waals surface area contributed by atoms with Crippen LogP contribution < -0.4 is 0 Å². The highest BCUT2D eigenvalue weighted by molar-refractivity contribution is 5.91. The van der Waals surface area contributed by atoms with Gasteiger partial charge in [0.25, 0.3) is 0 Å². The molecule has 0 radical (unpaired) electrons. The van der Waals surface area contributed by atoms with Crippen LogP contribution in [0.25, 0.3) is 11.1 Å². The molecule has 136 valence electrons.